The highest BCUT2D eigenvalue weighted by molar-refractivity contribution is 8.03. The number of thioether (sulfide) groups is 1. The summed E-state index contributed by atoms with van der Waals surface area (Å²) in [6.45, 7) is 2.03. The summed E-state index contributed by atoms with van der Waals surface area (Å²) in [4.78, 5) is 14.2. The lowest BCUT2D eigenvalue weighted by Crippen LogP contribution is -2.22. The van der Waals surface area contributed by atoms with E-state index < -0.39 is 0 Å². The number of aromatic amines is 1. The van der Waals surface area contributed by atoms with Gasteiger partial charge in [0.25, 0.3) is 0 Å². The number of rotatable bonds is 5. The number of fused-ring (bicyclic) bond motifs is 1. The maximum absolute atomic E-state index is 11.0. The van der Waals surface area contributed by atoms with Gasteiger partial charge in [-0.1, -0.05) is 0 Å². The van der Waals surface area contributed by atoms with Gasteiger partial charge in [0.2, 0.25) is 5.91 Å². The zero-order valence-corrected chi connectivity index (χ0v) is 12.1. The molecular weight excluding hydrogens is 274 g/mol. The van der Waals surface area contributed by atoms with Crippen molar-refractivity contribution in [3.05, 3.63) is 23.8 Å². The fourth-order valence-electron chi connectivity index (χ4n) is 2.07. The van der Waals surface area contributed by atoms with Crippen LogP contribution >= 0.6 is 11.8 Å². The molecule has 1 aromatic heterocycles. The molecule has 1 aromatic carbocycles. The Morgan fingerprint density at radius 2 is 2.35 bits per heavy atom. The first-order chi connectivity index (χ1) is 9.65. The van der Waals surface area contributed by atoms with Gasteiger partial charge < -0.3 is 15.0 Å². The molecule has 1 heterocycles. The molecule has 0 aliphatic rings. The van der Waals surface area contributed by atoms with Gasteiger partial charge in [-0.25, -0.2) is 0 Å². The number of hydrogen-bond donors (Lipinski definition) is 2. The van der Waals surface area contributed by atoms with Crippen molar-refractivity contribution >= 4 is 28.6 Å². The Morgan fingerprint density at radius 1 is 1.55 bits per heavy atom. The predicted octanol–water partition coefficient (Wildman–Crippen LogP) is 2.43. The maximum atomic E-state index is 11.0. The Hall–Kier alpha value is -2.13. The maximum Gasteiger partial charge on any atom is 0.216 e. The SMILES string of the molecule is COc1ccc2[nH]c(SC#N)c(CCNC(C)=O)c2c1. The molecule has 0 aliphatic heterocycles. The molecule has 0 radical (unpaired) electrons. The Balaban J connectivity index is 2.38. The van der Waals surface area contributed by atoms with Gasteiger partial charge in [-0.15, -0.1) is 0 Å². The second kappa shape index (κ2) is 6.35. The average Bonchev–Trinajstić information content (AvgIpc) is 2.76. The number of nitrogens with zero attached hydrogens (tertiary/aromatic N) is 1. The van der Waals surface area contributed by atoms with Gasteiger partial charge in [-0.05, 0) is 30.2 Å². The quantitative estimate of drug-likeness (QED) is 0.654. The number of H-pyrrole nitrogens is 1. The topological polar surface area (TPSA) is 77.9 Å². The molecule has 2 N–H and O–H groups in total. The number of nitrogens with one attached hydrogen (secondary N) is 2. The van der Waals surface area contributed by atoms with Gasteiger partial charge in [0.05, 0.1) is 12.1 Å². The highest BCUT2D eigenvalue weighted by Crippen LogP contribution is 2.31. The largest absolute Gasteiger partial charge is 0.497 e. The Morgan fingerprint density at radius 3 is 3.00 bits per heavy atom. The van der Waals surface area contributed by atoms with Crippen molar-refractivity contribution in [3.8, 4) is 11.2 Å². The minimum atomic E-state index is -0.0584. The van der Waals surface area contributed by atoms with Crippen LogP contribution in [0.25, 0.3) is 10.9 Å². The van der Waals surface area contributed by atoms with Crippen molar-refractivity contribution in [1.29, 1.82) is 5.26 Å². The van der Waals surface area contributed by atoms with Gasteiger partial charge in [0.15, 0.2) is 0 Å². The Kier molecular flexibility index (Phi) is 4.53. The molecule has 20 heavy (non-hydrogen) atoms. The molecule has 1 amide bonds. The van der Waals surface area contributed by atoms with E-state index in [2.05, 4.69) is 15.7 Å². The van der Waals surface area contributed by atoms with Gasteiger partial charge in [-0.3, -0.25) is 4.79 Å². The predicted molar refractivity (Wildman–Crippen MR) is 78.7 cm³/mol. The summed E-state index contributed by atoms with van der Waals surface area (Å²) in [7, 11) is 1.62. The number of carbonyl (C=O) groups is 1. The van der Waals surface area contributed by atoms with E-state index in [0.29, 0.717) is 13.0 Å². The number of hydrogen-bond acceptors (Lipinski definition) is 4. The van der Waals surface area contributed by atoms with Crippen LogP contribution in [0.15, 0.2) is 23.2 Å². The van der Waals surface area contributed by atoms with Crippen molar-refractivity contribution in [3.63, 3.8) is 0 Å². The molecule has 104 valence electrons. The lowest BCUT2D eigenvalue weighted by atomic mass is 10.1. The Labute approximate surface area is 121 Å². The van der Waals surface area contributed by atoms with Crippen LogP contribution < -0.4 is 10.1 Å². The molecule has 6 heteroatoms. The van der Waals surface area contributed by atoms with Crippen LogP contribution in [0.4, 0.5) is 0 Å². The molecule has 0 bridgehead atoms. The lowest BCUT2D eigenvalue weighted by Gasteiger charge is -2.04. The standard InChI is InChI=1S/C14H15N3O2S/c1-9(18)16-6-5-11-12-7-10(19-2)3-4-13(12)17-14(11)20-8-15/h3-4,7,17H,5-6H2,1-2H3,(H,16,18). The number of carbonyl (C=O) groups excluding carboxylic acids is 1. The fraction of sp³-hybridized carbons (Fsp3) is 0.286. The van der Waals surface area contributed by atoms with E-state index in [1.807, 2.05) is 18.2 Å². The number of thiocyanates is 1. The Bertz CT molecular complexity index is 673. The van der Waals surface area contributed by atoms with E-state index in [1.54, 1.807) is 7.11 Å². The van der Waals surface area contributed by atoms with Gasteiger partial charge in [-0.2, -0.15) is 5.26 Å². The molecule has 0 saturated heterocycles. The summed E-state index contributed by atoms with van der Waals surface area (Å²) in [5, 5.41) is 15.6. The van der Waals surface area contributed by atoms with Crippen LogP contribution in [0.2, 0.25) is 0 Å². The third kappa shape index (κ3) is 3.06. The van der Waals surface area contributed by atoms with E-state index >= 15 is 0 Å². The van der Waals surface area contributed by atoms with Crippen LogP contribution in [0.1, 0.15) is 12.5 Å². The highest BCUT2D eigenvalue weighted by Gasteiger charge is 2.13. The minimum Gasteiger partial charge on any atom is -0.497 e. The van der Waals surface area contributed by atoms with Crippen LogP contribution in [0.5, 0.6) is 5.75 Å². The first-order valence-electron chi connectivity index (χ1n) is 6.14. The van der Waals surface area contributed by atoms with Crippen molar-refractivity contribution in [2.24, 2.45) is 0 Å². The smallest absolute Gasteiger partial charge is 0.216 e. The van der Waals surface area contributed by atoms with Crippen molar-refractivity contribution < 1.29 is 9.53 Å². The number of benzene rings is 1. The lowest BCUT2D eigenvalue weighted by molar-refractivity contribution is -0.118. The second-order valence-corrected chi connectivity index (χ2v) is 5.07. The summed E-state index contributed by atoms with van der Waals surface area (Å²) in [6, 6.07) is 5.74. The van der Waals surface area contributed by atoms with Gasteiger partial charge in [0, 0.05) is 36.1 Å². The molecule has 0 atom stereocenters. The average molecular weight is 289 g/mol. The molecule has 0 spiro atoms. The molecule has 5 nitrogen and oxygen atoms in total. The normalized spacial score (nSPS) is 10.2. The number of aromatic nitrogens is 1. The second-order valence-electron chi connectivity index (χ2n) is 4.27. The first kappa shape index (κ1) is 14.3. The van der Waals surface area contributed by atoms with Gasteiger partial charge >= 0.3 is 0 Å². The molecular formula is C14H15N3O2S. The third-order valence-electron chi connectivity index (χ3n) is 2.97. The number of ether oxygens (including phenoxy) is 1. The molecule has 0 unspecified atom stereocenters. The van der Waals surface area contributed by atoms with Crippen LogP contribution in [-0.4, -0.2) is 24.5 Å². The number of amides is 1. The number of nitriles is 1. The van der Waals surface area contributed by atoms with Crippen LogP contribution in [0, 0.1) is 10.7 Å². The zero-order valence-electron chi connectivity index (χ0n) is 11.3. The van der Waals surface area contributed by atoms with Crippen LogP contribution in [-0.2, 0) is 11.2 Å². The van der Waals surface area contributed by atoms with E-state index in [9.17, 15) is 4.79 Å². The summed E-state index contributed by atoms with van der Waals surface area (Å²) in [5.74, 6) is 0.711. The molecule has 2 rings (SSSR count). The van der Waals surface area contributed by atoms with E-state index in [-0.39, 0.29) is 5.91 Å². The highest BCUT2D eigenvalue weighted by atomic mass is 32.2. The number of methoxy groups -OCH3 is 1. The fourth-order valence-corrected chi connectivity index (χ4v) is 2.66. The monoisotopic (exact) mass is 289 g/mol. The molecule has 0 saturated carbocycles. The van der Waals surface area contributed by atoms with E-state index in [4.69, 9.17) is 10.00 Å². The molecule has 2 aromatic rings. The summed E-state index contributed by atoms with van der Waals surface area (Å²) in [5.41, 5.74) is 1.99. The third-order valence-corrected chi connectivity index (χ3v) is 3.61. The minimum absolute atomic E-state index is 0.0584. The zero-order chi connectivity index (χ0) is 14.5. The first-order valence-corrected chi connectivity index (χ1v) is 6.96. The van der Waals surface area contributed by atoms with Gasteiger partial charge in [0.1, 0.15) is 11.2 Å². The van der Waals surface area contributed by atoms with Crippen LogP contribution in [0.3, 0.4) is 0 Å². The summed E-state index contributed by atoms with van der Waals surface area (Å²) in [6.07, 6.45) is 0.663. The van der Waals surface area contributed by atoms with E-state index in [0.717, 1.165) is 39.0 Å². The van der Waals surface area contributed by atoms with Crippen molar-refractivity contribution in [2.45, 2.75) is 18.4 Å². The van der Waals surface area contributed by atoms with Crippen molar-refractivity contribution in [1.82, 2.24) is 10.3 Å². The summed E-state index contributed by atoms with van der Waals surface area (Å²) < 4.78 is 5.23. The van der Waals surface area contributed by atoms with Crippen molar-refractivity contribution in [2.75, 3.05) is 13.7 Å². The molecule has 0 aliphatic carbocycles. The van der Waals surface area contributed by atoms with E-state index in [1.165, 1.54) is 6.92 Å². The summed E-state index contributed by atoms with van der Waals surface area (Å²) >= 11 is 1.10. The molecule has 0 fully saturated rings.